The lowest BCUT2D eigenvalue weighted by molar-refractivity contribution is 0.402. The van der Waals surface area contributed by atoms with Gasteiger partial charge in [0, 0.05) is 6.07 Å². The van der Waals surface area contributed by atoms with Crippen LogP contribution >= 0.6 is 0 Å². The number of methoxy groups -OCH3 is 1. The van der Waals surface area contributed by atoms with Gasteiger partial charge in [0.1, 0.15) is 5.75 Å². The first-order valence-corrected chi connectivity index (χ1v) is 6.51. The van der Waals surface area contributed by atoms with Gasteiger partial charge < -0.3 is 15.2 Å². The SMILES string of the molecule is CCc1nnc(Oc2cc(OC)ccc2N)nc1CC. The summed E-state index contributed by atoms with van der Waals surface area (Å²) in [6, 6.07) is 5.36. The molecule has 1 heterocycles. The molecule has 0 radical (unpaired) electrons. The average Bonchev–Trinajstić information content (AvgIpc) is 2.49. The van der Waals surface area contributed by atoms with Crippen LogP contribution in [0.15, 0.2) is 18.2 Å². The number of anilines is 1. The fourth-order valence-corrected chi connectivity index (χ4v) is 1.79. The highest BCUT2D eigenvalue weighted by Crippen LogP contribution is 2.29. The molecular weight excluding hydrogens is 256 g/mol. The Hall–Kier alpha value is -2.37. The minimum atomic E-state index is 0.194. The summed E-state index contributed by atoms with van der Waals surface area (Å²) in [5.41, 5.74) is 8.13. The molecule has 2 rings (SSSR count). The van der Waals surface area contributed by atoms with E-state index in [-0.39, 0.29) is 6.01 Å². The number of rotatable bonds is 5. The molecule has 0 aliphatic heterocycles. The van der Waals surface area contributed by atoms with Gasteiger partial charge >= 0.3 is 6.01 Å². The summed E-state index contributed by atoms with van der Waals surface area (Å²) in [7, 11) is 1.58. The van der Waals surface area contributed by atoms with Gasteiger partial charge in [-0.25, -0.2) is 0 Å². The van der Waals surface area contributed by atoms with E-state index >= 15 is 0 Å². The van der Waals surface area contributed by atoms with Crippen molar-refractivity contribution < 1.29 is 9.47 Å². The third-order valence-electron chi connectivity index (χ3n) is 2.91. The molecule has 0 unspecified atom stereocenters. The highest BCUT2D eigenvalue weighted by atomic mass is 16.5. The van der Waals surface area contributed by atoms with E-state index in [1.54, 1.807) is 25.3 Å². The predicted molar refractivity (Wildman–Crippen MR) is 76.1 cm³/mol. The van der Waals surface area contributed by atoms with Gasteiger partial charge in [0.05, 0.1) is 24.2 Å². The quantitative estimate of drug-likeness (QED) is 0.843. The molecule has 0 aliphatic carbocycles. The Bertz CT molecular complexity index is 602. The van der Waals surface area contributed by atoms with Crippen LogP contribution < -0.4 is 15.2 Å². The highest BCUT2D eigenvalue weighted by molar-refractivity contribution is 5.56. The van der Waals surface area contributed by atoms with Crippen LogP contribution in [0.3, 0.4) is 0 Å². The zero-order valence-corrected chi connectivity index (χ0v) is 11.9. The second-order valence-electron chi connectivity index (χ2n) is 4.20. The summed E-state index contributed by atoms with van der Waals surface area (Å²) in [4.78, 5) is 4.36. The van der Waals surface area contributed by atoms with Crippen molar-refractivity contribution in [3.05, 3.63) is 29.6 Å². The number of aryl methyl sites for hydroxylation is 2. The molecule has 2 N–H and O–H groups in total. The van der Waals surface area contributed by atoms with Crippen LogP contribution in [0.2, 0.25) is 0 Å². The zero-order chi connectivity index (χ0) is 14.5. The molecule has 6 nitrogen and oxygen atoms in total. The molecule has 0 amide bonds. The molecule has 0 spiro atoms. The first-order valence-electron chi connectivity index (χ1n) is 6.51. The largest absolute Gasteiger partial charge is 0.497 e. The Balaban J connectivity index is 2.30. The Labute approximate surface area is 118 Å². The minimum Gasteiger partial charge on any atom is -0.497 e. The van der Waals surface area contributed by atoms with Gasteiger partial charge in [0.2, 0.25) is 0 Å². The molecular formula is C14H18N4O2. The van der Waals surface area contributed by atoms with E-state index in [1.807, 2.05) is 13.8 Å². The van der Waals surface area contributed by atoms with Crippen molar-refractivity contribution in [1.82, 2.24) is 15.2 Å². The van der Waals surface area contributed by atoms with Crippen LogP contribution in [0, 0.1) is 0 Å². The maximum Gasteiger partial charge on any atom is 0.341 e. The fourth-order valence-electron chi connectivity index (χ4n) is 1.79. The number of hydrogen-bond donors (Lipinski definition) is 1. The third-order valence-corrected chi connectivity index (χ3v) is 2.91. The van der Waals surface area contributed by atoms with Crippen molar-refractivity contribution in [2.75, 3.05) is 12.8 Å². The van der Waals surface area contributed by atoms with Gasteiger partial charge in [0.15, 0.2) is 5.75 Å². The van der Waals surface area contributed by atoms with Crippen molar-refractivity contribution in [3.8, 4) is 17.5 Å². The van der Waals surface area contributed by atoms with Crippen LogP contribution in [-0.4, -0.2) is 22.3 Å². The first kappa shape index (κ1) is 14.0. The minimum absolute atomic E-state index is 0.194. The molecule has 0 fully saturated rings. The first-order chi connectivity index (χ1) is 9.67. The molecule has 6 heteroatoms. The molecule has 1 aromatic heterocycles. The maximum absolute atomic E-state index is 5.86. The molecule has 0 saturated carbocycles. The summed E-state index contributed by atoms with van der Waals surface area (Å²) in [5.74, 6) is 1.11. The van der Waals surface area contributed by atoms with Crippen LogP contribution in [0.1, 0.15) is 25.2 Å². The van der Waals surface area contributed by atoms with Gasteiger partial charge in [-0.3, -0.25) is 0 Å². The van der Waals surface area contributed by atoms with Gasteiger partial charge in [-0.2, -0.15) is 4.98 Å². The van der Waals surface area contributed by atoms with Gasteiger partial charge in [-0.1, -0.05) is 18.9 Å². The number of ether oxygens (including phenoxy) is 2. The van der Waals surface area contributed by atoms with E-state index in [0.717, 1.165) is 24.2 Å². The number of benzene rings is 1. The molecule has 0 atom stereocenters. The van der Waals surface area contributed by atoms with Crippen LogP contribution in [0.4, 0.5) is 5.69 Å². The number of aromatic nitrogens is 3. The number of nitrogen functional groups attached to an aromatic ring is 1. The molecule has 0 bridgehead atoms. The summed E-state index contributed by atoms with van der Waals surface area (Å²) >= 11 is 0. The van der Waals surface area contributed by atoms with Crippen molar-refractivity contribution in [2.45, 2.75) is 26.7 Å². The predicted octanol–water partition coefficient (Wildman–Crippen LogP) is 2.38. The standard InChI is InChI=1S/C14H18N4O2/c1-4-11-12(5-2)17-18-14(16-11)20-13-8-9(19-3)6-7-10(13)15/h6-8H,4-5,15H2,1-3H3. The van der Waals surface area contributed by atoms with E-state index in [0.29, 0.717) is 17.2 Å². The molecule has 106 valence electrons. The Morgan fingerprint density at radius 2 is 1.85 bits per heavy atom. The van der Waals surface area contributed by atoms with Gasteiger partial charge in [-0.15, -0.1) is 5.10 Å². The van der Waals surface area contributed by atoms with Crippen LogP contribution in [-0.2, 0) is 12.8 Å². The van der Waals surface area contributed by atoms with Gasteiger partial charge in [-0.05, 0) is 25.0 Å². The normalized spacial score (nSPS) is 10.3. The van der Waals surface area contributed by atoms with Crippen molar-refractivity contribution >= 4 is 5.69 Å². The lowest BCUT2D eigenvalue weighted by Crippen LogP contribution is -2.05. The van der Waals surface area contributed by atoms with E-state index < -0.39 is 0 Å². The highest BCUT2D eigenvalue weighted by Gasteiger charge is 2.10. The van der Waals surface area contributed by atoms with Crippen molar-refractivity contribution in [3.63, 3.8) is 0 Å². The summed E-state index contributed by atoms with van der Waals surface area (Å²) in [6.45, 7) is 4.04. The van der Waals surface area contributed by atoms with Gasteiger partial charge in [0.25, 0.3) is 0 Å². The molecule has 0 saturated heterocycles. The van der Waals surface area contributed by atoms with Crippen molar-refractivity contribution in [1.29, 1.82) is 0 Å². The van der Waals surface area contributed by atoms with E-state index in [2.05, 4.69) is 15.2 Å². The number of hydrogen-bond acceptors (Lipinski definition) is 6. The van der Waals surface area contributed by atoms with E-state index in [1.165, 1.54) is 0 Å². The third kappa shape index (κ3) is 2.96. The summed E-state index contributed by atoms with van der Waals surface area (Å²) < 4.78 is 10.7. The molecule has 0 aliphatic rings. The maximum atomic E-state index is 5.86. The Morgan fingerprint density at radius 3 is 2.50 bits per heavy atom. The molecule has 20 heavy (non-hydrogen) atoms. The number of nitrogens with zero attached hydrogens (tertiary/aromatic N) is 3. The zero-order valence-electron chi connectivity index (χ0n) is 11.9. The second-order valence-corrected chi connectivity index (χ2v) is 4.20. The smallest absolute Gasteiger partial charge is 0.341 e. The summed E-state index contributed by atoms with van der Waals surface area (Å²) in [5, 5.41) is 8.10. The Kier molecular flexibility index (Phi) is 4.34. The van der Waals surface area contributed by atoms with Crippen molar-refractivity contribution in [2.24, 2.45) is 0 Å². The second kappa shape index (κ2) is 6.18. The average molecular weight is 274 g/mol. The monoisotopic (exact) mass is 274 g/mol. The molecule has 1 aromatic carbocycles. The topological polar surface area (TPSA) is 83.2 Å². The lowest BCUT2D eigenvalue weighted by atomic mass is 10.2. The van der Waals surface area contributed by atoms with E-state index in [4.69, 9.17) is 15.2 Å². The van der Waals surface area contributed by atoms with E-state index in [9.17, 15) is 0 Å². The Morgan fingerprint density at radius 1 is 1.10 bits per heavy atom. The number of nitrogens with two attached hydrogens (primary N) is 1. The van der Waals surface area contributed by atoms with Crippen LogP contribution in [0.25, 0.3) is 0 Å². The fraction of sp³-hybridized carbons (Fsp3) is 0.357. The lowest BCUT2D eigenvalue weighted by Gasteiger charge is -2.10. The summed E-state index contributed by atoms with van der Waals surface area (Å²) in [6.07, 6.45) is 1.58. The van der Waals surface area contributed by atoms with Crippen LogP contribution in [0.5, 0.6) is 17.5 Å². The molecule has 2 aromatic rings.